The molecule has 3 nitrogen and oxygen atoms in total. The van der Waals surface area contributed by atoms with Crippen LogP contribution in [0, 0.1) is 5.92 Å². The number of carbonyl (C=O) groups is 1. The fraction of sp³-hybridized carbons (Fsp3) is 0.917. The Kier molecular flexibility index (Phi) is 2.75. The minimum Gasteiger partial charge on any atom is -0.338 e. The van der Waals surface area contributed by atoms with Crippen molar-refractivity contribution in [3.8, 4) is 0 Å². The normalized spacial score (nSPS) is 34.7. The molecule has 1 saturated heterocycles. The Bertz CT molecular complexity index is 258. The van der Waals surface area contributed by atoms with Gasteiger partial charge in [0.25, 0.3) is 0 Å². The highest BCUT2D eigenvalue weighted by molar-refractivity contribution is 5.87. The van der Waals surface area contributed by atoms with Gasteiger partial charge in [-0.25, -0.2) is 0 Å². The first-order valence-corrected chi connectivity index (χ1v) is 6.13. The van der Waals surface area contributed by atoms with Gasteiger partial charge < -0.3 is 10.6 Å². The van der Waals surface area contributed by atoms with Crippen LogP contribution in [0.2, 0.25) is 0 Å². The van der Waals surface area contributed by atoms with E-state index in [2.05, 4.69) is 13.8 Å². The van der Waals surface area contributed by atoms with Gasteiger partial charge in [0, 0.05) is 12.6 Å². The second-order valence-corrected chi connectivity index (χ2v) is 5.51. The van der Waals surface area contributed by atoms with Gasteiger partial charge >= 0.3 is 0 Å². The molecular formula is C12H22N2O. The minimum absolute atomic E-state index is 0.205. The molecule has 2 N–H and O–H groups in total. The fourth-order valence-corrected chi connectivity index (χ4v) is 3.09. The molecule has 2 rings (SSSR count). The molecule has 15 heavy (non-hydrogen) atoms. The lowest BCUT2D eigenvalue weighted by Crippen LogP contribution is -2.54. The van der Waals surface area contributed by atoms with Crippen LogP contribution in [0.5, 0.6) is 0 Å². The van der Waals surface area contributed by atoms with Gasteiger partial charge in [-0.3, -0.25) is 4.79 Å². The van der Waals surface area contributed by atoms with Crippen molar-refractivity contribution in [3.63, 3.8) is 0 Å². The molecule has 86 valence electrons. The molecule has 3 heteroatoms. The number of amides is 1. The monoisotopic (exact) mass is 210 g/mol. The van der Waals surface area contributed by atoms with Gasteiger partial charge in [0.15, 0.2) is 0 Å². The molecule has 0 aromatic rings. The highest BCUT2D eigenvalue weighted by Gasteiger charge is 2.43. The van der Waals surface area contributed by atoms with Crippen molar-refractivity contribution in [2.45, 2.75) is 57.5 Å². The summed E-state index contributed by atoms with van der Waals surface area (Å²) in [7, 11) is 0. The molecule has 1 amide bonds. The summed E-state index contributed by atoms with van der Waals surface area (Å²) >= 11 is 0. The Hall–Kier alpha value is -0.570. The molecule has 1 aliphatic carbocycles. The van der Waals surface area contributed by atoms with Crippen LogP contribution in [0.3, 0.4) is 0 Å². The van der Waals surface area contributed by atoms with E-state index in [1.54, 1.807) is 0 Å². The second kappa shape index (κ2) is 3.78. The average Bonchev–Trinajstić information content (AvgIpc) is 2.73. The highest BCUT2D eigenvalue weighted by Crippen LogP contribution is 2.32. The molecular weight excluding hydrogens is 188 g/mol. The zero-order valence-electron chi connectivity index (χ0n) is 9.83. The third-order valence-electron chi connectivity index (χ3n) is 3.97. The van der Waals surface area contributed by atoms with E-state index in [9.17, 15) is 4.79 Å². The van der Waals surface area contributed by atoms with E-state index in [0.717, 1.165) is 38.6 Å². The van der Waals surface area contributed by atoms with E-state index in [0.29, 0.717) is 12.0 Å². The first kappa shape index (κ1) is 10.9. The van der Waals surface area contributed by atoms with Crippen molar-refractivity contribution < 1.29 is 4.79 Å². The quantitative estimate of drug-likeness (QED) is 0.713. The van der Waals surface area contributed by atoms with Crippen LogP contribution in [-0.4, -0.2) is 28.9 Å². The van der Waals surface area contributed by atoms with Crippen LogP contribution >= 0.6 is 0 Å². The Morgan fingerprint density at radius 2 is 1.93 bits per heavy atom. The van der Waals surface area contributed by atoms with E-state index in [1.165, 1.54) is 0 Å². The van der Waals surface area contributed by atoms with Crippen molar-refractivity contribution in [2.75, 3.05) is 6.54 Å². The van der Waals surface area contributed by atoms with E-state index < -0.39 is 5.54 Å². The van der Waals surface area contributed by atoms with Gasteiger partial charge in [-0.2, -0.15) is 0 Å². The van der Waals surface area contributed by atoms with Crippen LogP contribution in [0.4, 0.5) is 0 Å². The van der Waals surface area contributed by atoms with Crippen molar-refractivity contribution in [1.29, 1.82) is 0 Å². The van der Waals surface area contributed by atoms with Gasteiger partial charge in [-0.05, 0) is 32.1 Å². The molecule has 0 aromatic carbocycles. The lowest BCUT2D eigenvalue weighted by atomic mass is 9.97. The predicted molar refractivity (Wildman–Crippen MR) is 60.3 cm³/mol. The molecule has 0 aromatic heterocycles. The van der Waals surface area contributed by atoms with Crippen LogP contribution in [0.15, 0.2) is 0 Å². The highest BCUT2D eigenvalue weighted by atomic mass is 16.2. The molecule has 2 unspecified atom stereocenters. The number of nitrogens with zero attached hydrogens (tertiary/aromatic N) is 1. The maximum atomic E-state index is 12.3. The first-order valence-electron chi connectivity index (χ1n) is 6.13. The van der Waals surface area contributed by atoms with Crippen LogP contribution in [0.1, 0.15) is 46.0 Å². The largest absolute Gasteiger partial charge is 0.338 e. The summed E-state index contributed by atoms with van der Waals surface area (Å²) in [5, 5.41) is 0. The summed E-state index contributed by atoms with van der Waals surface area (Å²) in [6.45, 7) is 5.25. The number of hydrogen-bond acceptors (Lipinski definition) is 2. The predicted octanol–water partition coefficient (Wildman–Crippen LogP) is 1.51. The van der Waals surface area contributed by atoms with Crippen LogP contribution < -0.4 is 5.73 Å². The molecule has 2 aliphatic rings. The fourth-order valence-electron chi connectivity index (χ4n) is 3.09. The topological polar surface area (TPSA) is 46.3 Å². The van der Waals surface area contributed by atoms with Gasteiger partial charge in [0.05, 0.1) is 5.54 Å². The van der Waals surface area contributed by atoms with Gasteiger partial charge in [0.2, 0.25) is 5.91 Å². The van der Waals surface area contributed by atoms with E-state index in [-0.39, 0.29) is 5.91 Å². The molecule has 0 bridgehead atoms. The Morgan fingerprint density at radius 3 is 2.40 bits per heavy atom. The van der Waals surface area contributed by atoms with E-state index >= 15 is 0 Å². The van der Waals surface area contributed by atoms with Gasteiger partial charge in [-0.1, -0.05) is 19.8 Å². The van der Waals surface area contributed by atoms with E-state index in [4.69, 9.17) is 5.73 Å². The maximum Gasteiger partial charge on any atom is 0.242 e. The van der Waals surface area contributed by atoms with Crippen molar-refractivity contribution >= 4 is 5.91 Å². The Labute approximate surface area is 92.0 Å². The summed E-state index contributed by atoms with van der Waals surface area (Å²) in [5.41, 5.74) is 5.67. The van der Waals surface area contributed by atoms with E-state index in [1.807, 2.05) is 4.90 Å². The zero-order valence-corrected chi connectivity index (χ0v) is 9.83. The summed E-state index contributed by atoms with van der Waals surface area (Å²) in [4.78, 5) is 14.3. The third kappa shape index (κ3) is 1.89. The van der Waals surface area contributed by atoms with Gasteiger partial charge in [0.1, 0.15) is 0 Å². The van der Waals surface area contributed by atoms with Gasteiger partial charge in [-0.15, -0.1) is 0 Å². The first-order chi connectivity index (χ1) is 7.03. The molecule has 1 aliphatic heterocycles. The maximum absolute atomic E-state index is 12.3. The van der Waals surface area contributed by atoms with Crippen molar-refractivity contribution in [1.82, 2.24) is 4.90 Å². The lowest BCUT2D eigenvalue weighted by molar-refractivity contribution is -0.137. The smallest absolute Gasteiger partial charge is 0.242 e. The van der Waals surface area contributed by atoms with Crippen LogP contribution in [-0.2, 0) is 4.79 Å². The summed E-state index contributed by atoms with van der Waals surface area (Å²) < 4.78 is 0. The van der Waals surface area contributed by atoms with Crippen molar-refractivity contribution in [3.05, 3.63) is 0 Å². The molecule has 0 spiro atoms. The number of nitrogens with two attached hydrogens (primary N) is 1. The Morgan fingerprint density at radius 1 is 1.33 bits per heavy atom. The van der Waals surface area contributed by atoms with Crippen LogP contribution in [0.25, 0.3) is 0 Å². The number of carbonyl (C=O) groups excluding carboxylic acids is 1. The summed E-state index contributed by atoms with van der Waals surface area (Å²) in [6.07, 6.45) is 5.11. The Balaban J connectivity index is 2.07. The number of rotatable bonds is 1. The molecule has 0 radical (unpaired) electrons. The molecule has 2 atom stereocenters. The average molecular weight is 210 g/mol. The molecule has 1 heterocycles. The zero-order chi connectivity index (χ0) is 11.1. The standard InChI is InChI=1S/C12H22N2O/c1-9-7-10(2)14(8-9)11(15)12(13)5-3-4-6-12/h9-10H,3-8,13H2,1-2H3. The minimum atomic E-state index is -0.529. The summed E-state index contributed by atoms with van der Waals surface area (Å²) in [6, 6.07) is 0.383. The number of hydrogen-bond donors (Lipinski definition) is 1. The van der Waals surface area contributed by atoms with Crippen molar-refractivity contribution in [2.24, 2.45) is 11.7 Å². The number of likely N-dealkylation sites (tertiary alicyclic amines) is 1. The third-order valence-corrected chi connectivity index (χ3v) is 3.97. The summed E-state index contributed by atoms with van der Waals surface area (Å²) in [5.74, 6) is 0.839. The molecule has 2 fully saturated rings. The SMILES string of the molecule is CC1CC(C)N(C(=O)C2(N)CCCC2)C1. The second-order valence-electron chi connectivity index (χ2n) is 5.51. The lowest BCUT2D eigenvalue weighted by Gasteiger charge is -2.31. The molecule has 1 saturated carbocycles.